The molecule has 1 amide bonds. The van der Waals surface area contributed by atoms with E-state index in [0.717, 1.165) is 41.5 Å². The van der Waals surface area contributed by atoms with Crippen molar-refractivity contribution in [1.29, 1.82) is 0 Å². The third-order valence-corrected chi connectivity index (χ3v) is 5.90. The van der Waals surface area contributed by atoms with E-state index in [1.807, 2.05) is 43.0 Å². The highest BCUT2D eigenvalue weighted by atomic mass is 32.1. The second-order valence-electron chi connectivity index (χ2n) is 7.49. The summed E-state index contributed by atoms with van der Waals surface area (Å²) >= 11 is 1.67. The molecular formula is C21H24N6OS. The van der Waals surface area contributed by atoms with E-state index in [1.165, 1.54) is 0 Å². The van der Waals surface area contributed by atoms with Gasteiger partial charge in [0, 0.05) is 51.2 Å². The van der Waals surface area contributed by atoms with Crippen molar-refractivity contribution >= 4 is 23.2 Å². The summed E-state index contributed by atoms with van der Waals surface area (Å²) in [5.74, 6) is 1.51. The molecule has 4 heterocycles. The maximum absolute atomic E-state index is 13.0. The first-order chi connectivity index (χ1) is 14.0. The largest absolute Gasteiger partial charge is 0.347 e. The number of piperidine rings is 1. The van der Waals surface area contributed by atoms with Crippen molar-refractivity contribution in [1.82, 2.24) is 24.8 Å². The summed E-state index contributed by atoms with van der Waals surface area (Å²) in [4.78, 5) is 35.8. The van der Waals surface area contributed by atoms with Gasteiger partial charge in [0.25, 0.3) is 5.91 Å². The maximum atomic E-state index is 13.0. The van der Waals surface area contributed by atoms with Crippen molar-refractivity contribution in [3.05, 3.63) is 53.1 Å². The van der Waals surface area contributed by atoms with Crippen molar-refractivity contribution in [3.63, 3.8) is 0 Å². The smallest absolute Gasteiger partial charge is 0.257 e. The average Bonchev–Trinajstić information content (AvgIpc) is 3.28. The fraction of sp³-hybridized carbons (Fsp3) is 0.381. The number of aryl methyl sites for hydroxylation is 1. The van der Waals surface area contributed by atoms with Gasteiger partial charge in [-0.15, -0.1) is 11.3 Å². The maximum Gasteiger partial charge on any atom is 0.257 e. The molecule has 1 aliphatic heterocycles. The SMILES string of the molecule is Cc1cc(-c2cccs2)nc([C@H]2CCCN(C(=O)c3cnc(N(C)C)nc3)C2)n1. The number of hydrogen-bond donors (Lipinski definition) is 0. The van der Waals surface area contributed by atoms with Gasteiger partial charge in [0.05, 0.1) is 16.1 Å². The van der Waals surface area contributed by atoms with Gasteiger partial charge in [-0.05, 0) is 37.3 Å². The minimum atomic E-state index is -0.0360. The van der Waals surface area contributed by atoms with Crippen LogP contribution in [0.2, 0.25) is 0 Å². The van der Waals surface area contributed by atoms with Gasteiger partial charge < -0.3 is 9.80 Å². The second kappa shape index (κ2) is 8.24. The minimum absolute atomic E-state index is 0.0360. The molecule has 4 rings (SSSR count). The van der Waals surface area contributed by atoms with Crippen LogP contribution in [0.25, 0.3) is 10.6 Å². The first kappa shape index (κ1) is 19.4. The third-order valence-electron chi connectivity index (χ3n) is 5.00. The summed E-state index contributed by atoms with van der Waals surface area (Å²) in [6.07, 6.45) is 5.12. The molecule has 8 heteroatoms. The van der Waals surface area contributed by atoms with Crippen molar-refractivity contribution < 1.29 is 4.79 Å². The van der Waals surface area contributed by atoms with Crippen LogP contribution >= 0.6 is 11.3 Å². The van der Waals surface area contributed by atoms with Crippen LogP contribution in [0, 0.1) is 6.92 Å². The standard InChI is InChI=1S/C21H24N6OS/c1-14-10-17(18-7-5-9-29-18)25-19(24-14)15-6-4-8-27(13-15)20(28)16-11-22-21(23-12-16)26(2)3/h5,7,9-12,15H,4,6,8,13H2,1-3H3/t15-/m0/s1. The summed E-state index contributed by atoms with van der Waals surface area (Å²) in [7, 11) is 3.75. The highest BCUT2D eigenvalue weighted by Gasteiger charge is 2.28. The van der Waals surface area contributed by atoms with Crippen molar-refractivity contribution in [2.75, 3.05) is 32.1 Å². The number of thiophene rings is 1. The van der Waals surface area contributed by atoms with E-state index in [0.29, 0.717) is 18.1 Å². The van der Waals surface area contributed by atoms with E-state index < -0.39 is 0 Å². The van der Waals surface area contributed by atoms with Gasteiger partial charge in [-0.25, -0.2) is 19.9 Å². The molecule has 7 nitrogen and oxygen atoms in total. The molecular weight excluding hydrogens is 384 g/mol. The van der Waals surface area contributed by atoms with Crippen LogP contribution in [0.15, 0.2) is 36.0 Å². The van der Waals surface area contributed by atoms with Gasteiger partial charge in [0.15, 0.2) is 0 Å². The van der Waals surface area contributed by atoms with E-state index in [-0.39, 0.29) is 11.8 Å². The molecule has 0 unspecified atom stereocenters. The molecule has 3 aromatic rings. The van der Waals surface area contributed by atoms with E-state index >= 15 is 0 Å². The van der Waals surface area contributed by atoms with Crippen LogP contribution in [0.1, 0.15) is 40.6 Å². The Bertz CT molecular complexity index is 987. The van der Waals surface area contributed by atoms with Gasteiger partial charge >= 0.3 is 0 Å². The highest BCUT2D eigenvalue weighted by Crippen LogP contribution is 2.29. The Balaban J connectivity index is 1.53. The van der Waals surface area contributed by atoms with Gasteiger partial charge in [-0.3, -0.25) is 4.79 Å². The van der Waals surface area contributed by atoms with E-state index in [4.69, 9.17) is 9.97 Å². The van der Waals surface area contributed by atoms with Gasteiger partial charge in [-0.1, -0.05) is 6.07 Å². The lowest BCUT2D eigenvalue weighted by molar-refractivity contribution is 0.0703. The molecule has 1 atom stereocenters. The number of amides is 1. The molecule has 0 spiro atoms. The van der Waals surface area contributed by atoms with Crippen LogP contribution < -0.4 is 4.90 Å². The van der Waals surface area contributed by atoms with Crippen LogP contribution in [0.4, 0.5) is 5.95 Å². The van der Waals surface area contributed by atoms with Gasteiger partial charge in [0.1, 0.15) is 5.82 Å². The van der Waals surface area contributed by atoms with Crippen LogP contribution in [-0.2, 0) is 0 Å². The number of nitrogens with zero attached hydrogens (tertiary/aromatic N) is 6. The fourth-order valence-electron chi connectivity index (χ4n) is 3.54. The Hall–Kier alpha value is -2.87. The normalized spacial score (nSPS) is 16.7. The zero-order chi connectivity index (χ0) is 20.4. The first-order valence-corrected chi connectivity index (χ1v) is 10.6. The highest BCUT2D eigenvalue weighted by molar-refractivity contribution is 7.13. The lowest BCUT2D eigenvalue weighted by atomic mass is 9.96. The molecule has 0 N–H and O–H groups in total. The van der Waals surface area contributed by atoms with E-state index in [2.05, 4.69) is 21.4 Å². The Kier molecular flexibility index (Phi) is 5.53. The predicted molar refractivity (Wildman–Crippen MR) is 114 cm³/mol. The Labute approximate surface area is 174 Å². The molecule has 1 fully saturated rings. The molecule has 0 radical (unpaired) electrons. The summed E-state index contributed by atoms with van der Waals surface area (Å²) < 4.78 is 0. The number of likely N-dealkylation sites (tertiary alicyclic amines) is 1. The number of rotatable bonds is 4. The number of aromatic nitrogens is 4. The molecule has 3 aromatic heterocycles. The van der Waals surface area contributed by atoms with E-state index in [9.17, 15) is 4.79 Å². The first-order valence-electron chi connectivity index (χ1n) is 9.69. The van der Waals surface area contributed by atoms with Crippen LogP contribution in [0.3, 0.4) is 0 Å². The number of anilines is 1. The average molecular weight is 409 g/mol. The number of carbonyl (C=O) groups excluding carboxylic acids is 1. The lowest BCUT2D eigenvalue weighted by Crippen LogP contribution is -2.39. The zero-order valence-electron chi connectivity index (χ0n) is 16.9. The molecule has 0 aromatic carbocycles. The van der Waals surface area contributed by atoms with E-state index in [1.54, 1.807) is 23.7 Å². The predicted octanol–water partition coefficient (Wildman–Crippen LogP) is 3.39. The van der Waals surface area contributed by atoms with Crippen molar-refractivity contribution in [3.8, 4) is 10.6 Å². The monoisotopic (exact) mass is 408 g/mol. The molecule has 0 aliphatic carbocycles. The summed E-state index contributed by atoms with van der Waals surface area (Å²) in [5.41, 5.74) is 2.42. The number of hydrogen-bond acceptors (Lipinski definition) is 7. The molecule has 1 saturated heterocycles. The Morgan fingerprint density at radius 2 is 2.03 bits per heavy atom. The summed E-state index contributed by atoms with van der Waals surface area (Å²) in [6.45, 7) is 3.34. The van der Waals surface area contributed by atoms with Crippen molar-refractivity contribution in [2.24, 2.45) is 0 Å². The Morgan fingerprint density at radius 3 is 2.72 bits per heavy atom. The topological polar surface area (TPSA) is 75.1 Å². The fourth-order valence-corrected chi connectivity index (χ4v) is 4.23. The quantitative estimate of drug-likeness (QED) is 0.659. The zero-order valence-corrected chi connectivity index (χ0v) is 17.7. The van der Waals surface area contributed by atoms with Crippen molar-refractivity contribution in [2.45, 2.75) is 25.7 Å². The molecule has 29 heavy (non-hydrogen) atoms. The van der Waals surface area contributed by atoms with Gasteiger partial charge in [-0.2, -0.15) is 0 Å². The lowest BCUT2D eigenvalue weighted by Gasteiger charge is -2.32. The molecule has 150 valence electrons. The van der Waals surface area contributed by atoms with Crippen LogP contribution in [0.5, 0.6) is 0 Å². The third kappa shape index (κ3) is 4.27. The van der Waals surface area contributed by atoms with Crippen LogP contribution in [-0.4, -0.2) is 57.9 Å². The number of carbonyl (C=O) groups is 1. The van der Waals surface area contributed by atoms with Gasteiger partial charge in [0.2, 0.25) is 5.95 Å². The molecule has 0 bridgehead atoms. The molecule has 0 saturated carbocycles. The minimum Gasteiger partial charge on any atom is -0.347 e. The summed E-state index contributed by atoms with van der Waals surface area (Å²) in [6, 6.07) is 6.12. The summed E-state index contributed by atoms with van der Waals surface area (Å²) in [5, 5.41) is 2.05. The molecule has 1 aliphatic rings. The Morgan fingerprint density at radius 1 is 1.24 bits per heavy atom. The second-order valence-corrected chi connectivity index (χ2v) is 8.43.